The van der Waals surface area contributed by atoms with Crippen LogP contribution in [0.15, 0.2) is 0 Å². The molecular weight excluding hydrogens is 184 g/mol. The first-order valence-electron chi connectivity index (χ1n) is 2.78. The molecule has 0 saturated carbocycles. The molecule has 0 saturated heterocycles. The van der Waals surface area contributed by atoms with E-state index >= 15 is 0 Å². The molecule has 0 aromatic rings. The standard InChI is InChI=1S/2C3H7O.2H2O.Ti/c2*1-3(2)4;;;/h2*3H,1-2H3;2*1H2;/q2*-1;;;+2. The van der Waals surface area contributed by atoms with Crippen LogP contribution in [0.4, 0.5) is 0 Å². The molecule has 0 aromatic carbocycles. The van der Waals surface area contributed by atoms with E-state index in [9.17, 15) is 10.2 Å². The van der Waals surface area contributed by atoms with Crippen LogP contribution in [-0.4, -0.2) is 23.2 Å². The van der Waals surface area contributed by atoms with Gasteiger partial charge in [-0.3, -0.25) is 0 Å². The summed E-state index contributed by atoms with van der Waals surface area (Å²) in [5, 5.41) is 19.1. The van der Waals surface area contributed by atoms with Gasteiger partial charge >= 0.3 is 21.7 Å². The van der Waals surface area contributed by atoms with E-state index in [1.54, 1.807) is 27.7 Å². The van der Waals surface area contributed by atoms with Gasteiger partial charge in [0.1, 0.15) is 0 Å². The maximum absolute atomic E-state index is 9.53. The van der Waals surface area contributed by atoms with Crippen LogP contribution in [-0.2, 0) is 21.7 Å². The Labute approximate surface area is 83.1 Å². The summed E-state index contributed by atoms with van der Waals surface area (Å²) in [6, 6.07) is 0. The van der Waals surface area contributed by atoms with Crippen molar-refractivity contribution in [3.8, 4) is 0 Å². The maximum Gasteiger partial charge on any atom is 2.00 e. The number of hydrogen-bond donors (Lipinski definition) is 0. The van der Waals surface area contributed by atoms with Crippen molar-refractivity contribution in [1.29, 1.82) is 0 Å². The molecular formula is C6H18O4Ti. The minimum Gasteiger partial charge on any atom is -0.852 e. The largest absolute Gasteiger partial charge is 2.00 e. The van der Waals surface area contributed by atoms with Crippen molar-refractivity contribution in [2.75, 3.05) is 0 Å². The molecule has 0 fully saturated rings. The maximum atomic E-state index is 9.53. The van der Waals surface area contributed by atoms with Crippen LogP contribution in [0.2, 0.25) is 0 Å². The van der Waals surface area contributed by atoms with E-state index in [0.717, 1.165) is 0 Å². The van der Waals surface area contributed by atoms with Crippen molar-refractivity contribution in [3.05, 3.63) is 0 Å². The summed E-state index contributed by atoms with van der Waals surface area (Å²) in [4.78, 5) is 0. The molecule has 5 heteroatoms. The molecule has 0 atom stereocenters. The Morgan fingerprint density at radius 3 is 0.727 bits per heavy atom. The summed E-state index contributed by atoms with van der Waals surface area (Å²) < 4.78 is 0. The predicted octanol–water partition coefficient (Wildman–Crippen LogP) is -2.14. The Bertz CT molecular complexity index is 30.1. The normalized spacial score (nSPS) is 6.55. The molecule has 0 amide bonds. The van der Waals surface area contributed by atoms with E-state index in [1.165, 1.54) is 0 Å². The summed E-state index contributed by atoms with van der Waals surface area (Å²) in [5.74, 6) is 0. The van der Waals surface area contributed by atoms with Crippen LogP contribution >= 0.6 is 0 Å². The average Bonchev–Trinajstić information content (AvgIpc) is 1.25. The van der Waals surface area contributed by atoms with Crippen LogP contribution in [0.1, 0.15) is 27.7 Å². The van der Waals surface area contributed by atoms with Crippen molar-refractivity contribution in [3.63, 3.8) is 0 Å². The fourth-order valence-corrected chi connectivity index (χ4v) is 0. The number of rotatable bonds is 0. The Morgan fingerprint density at radius 2 is 0.727 bits per heavy atom. The Balaban J connectivity index is -0.0000000171. The number of hydrogen-bond acceptors (Lipinski definition) is 2. The monoisotopic (exact) mass is 202 g/mol. The Hall–Kier alpha value is 0.554. The van der Waals surface area contributed by atoms with Crippen LogP contribution in [0.5, 0.6) is 0 Å². The smallest absolute Gasteiger partial charge is 0.852 e. The van der Waals surface area contributed by atoms with Gasteiger partial charge < -0.3 is 21.2 Å². The molecule has 0 aliphatic rings. The summed E-state index contributed by atoms with van der Waals surface area (Å²) in [5.41, 5.74) is 0. The first kappa shape index (κ1) is 30.0. The molecule has 0 aliphatic heterocycles. The second-order valence-corrected chi connectivity index (χ2v) is 2.10. The zero-order valence-electron chi connectivity index (χ0n) is 7.47. The van der Waals surface area contributed by atoms with Gasteiger partial charge in [0.25, 0.3) is 0 Å². The fraction of sp³-hybridized carbons (Fsp3) is 1.00. The van der Waals surface area contributed by atoms with Gasteiger partial charge in [-0.15, -0.1) is 12.2 Å². The van der Waals surface area contributed by atoms with Crippen LogP contribution < -0.4 is 10.2 Å². The van der Waals surface area contributed by atoms with E-state index < -0.39 is 12.2 Å². The van der Waals surface area contributed by atoms with Crippen molar-refractivity contribution < 1.29 is 42.9 Å². The van der Waals surface area contributed by atoms with Crippen LogP contribution in [0.25, 0.3) is 0 Å². The fourth-order valence-electron chi connectivity index (χ4n) is 0. The molecule has 0 spiro atoms. The summed E-state index contributed by atoms with van der Waals surface area (Å²) in [6.07, 6.45) is -0.833. The topological polar surface area (TPSA) is 109 Å². The van der Waals surface area contributed by atoms with Crippen LogP contribution in [0, 0.1) is 0 Å². The summed E-state index contributed by atoms with van der Waals surface area (Å²) >= 11 is 0. The molecule has 11 heavy (non-hydrogen) atoms. The van der Waals surface area contributed by atoms with Crippen LogP contribution in [0.3, 0.4) is 0 Å². The zero-order valence-corrected chi connectivity index (χ0v) is 9.03. The third-order valence-electron chi connectivity index (χ3n) is 0. The van der Waals surface area contributed by atoms with Crippen molar-refractivity contribution >= 4 is 0 Å². The predicted molar refractivity (Wildman–Crippen MR) is 37.5 cm³/mol. The SMILES string of the molecule is CC(C)[O-].CC(C)[O-].O.O.[Ti+2]. The molecule has 70 valence electrons. The molecule has 0 aromatic heterocycles. The quantitative estimate of drug-likeness (QED) is 0.417. The van der Waals surface area contributed by atoms with E-state index in [4.69, 9.17) is 0 Å². The van der Waals surface area contributed by atoms with Gasteiger partial charge in [-0.2, -0.15) is 0 Å². The molecule has 0 radical (unpaired) electrons. The van der Waals surface area contributed by atoms with Gasteiger partial charge in [0.05, 0.1) is 0 Å². The minimum absolute atomic E-state index is 0. The zero-order chi connectivity index (χ0) is 7.15. The minimum atomic E-state index is -0.417. The average molecular weight is 202 g/mol. The van der Waals surface area contributed by atoms with Gasteiger partial charge in [0.15, 0.2) is 0 Å². The molecule has 4 N–H and O–H groups in total. The van der Waals surface area contributed by atoms with Crippen molar-refractivity contribution in [2.24, 2.45) is 0 Å². The second kappa shape index (κ2) is 22.4. The van der Waals surface area contributed by atoms with Gasteiger partial charge in [-0.05, 0) is 0 Å². The van der Waals surface area contributed by atoms with E-state index in [0.29, 0.717) is 0 Å². The van der Waals surface area contributed by atoms with E-state index in [-0.39, 0.29) is 32.7 Å². The Kier molecular flexibility index (Phi) is 61.1. The molecule has 0 unspecified atom stereocenters. The Morgan fingerprint density at radius 1 is 0.727 bits per heavy atom. The van der Waals surface area contributed by atoms with Gasteiger partial charge in [0, 0.05) is 0 Å². The molecule has 0 heterocycles. The molecule has 4 nitrogen and oxygen atoms in total. The first-order chi connectivity index (χ1) is 3.46. The van der Waals surface area contributed by atoms with E-state index in [1.807, 2.05) is 0 Å². The third-order valence-corrected chi connectivity index (χ3v) is 0. The third kappa shape index (κ3) is 2510. The summed E-state index contributed by atoms with van der Waals surface area (Å²) in [7, 11) is 0. The second-order valence-electron chi connectivity index (χ2n) is 2.10. The first-order valence-corrected chi connectivity index (χ1v) is 2.78. The van der Waals surface area contributed by atoms with Crippen molar-refractivity contribution in [2.45, 2.75) is 39.9 Å². The van der Waals surface area contributed by atoms with E-state index in [2.05, 4.69) is 0 Å². The molecule has 0 aliphatic carbocycles. The summed E-state index contributed by atoms with van der Waals surface area (Å²) in [6.45, 7) is 6.44. The molecule has 0 bridgehead atoms. The molecule has 0 rings (SSSR count). The van der Waals surface area contributed by atoms with Gasteiger partial charge in [0.2, 0.25) is 0 Å². The van der Waals surface area contributed by atoms with Crippen molar-refractivity contribution in [1.82, 2.24) is 0 Å². The van der Waals surface area contributed by atoms with Gasteiger partial charge in [-0.1, -0.05) is 27.7 Å². The van der Waals surface area contributed by atoms with Gasteiger partial charge in [-0.25, -0.2) is 0 Å².